The summed E-state index contributed by atoms with van der Waals surface area (Å²) in [5, 5.41) is 8.16. The van der Waals surface area contributed by atoms with Gasteiger partial charge in [-0.05, 0) is 31.2 Å². The third kappa shape index (κ3) is 3.65. The molecule has 3 nitrogen and oxygen atoms in total. The molecule has 0 unspecified atom stereocenters. The highest BCUT2D eigenvalue weighted by Crippen LogP contribution is 2.24. The van der Waals surface area contributed by atoms with Crippen molar-refractivity contribution in [1.29, 1.82) is 0 Å². The van der Waals surface area contributed by atoms with Crippen LogP contribution in [-0.4, -0.2) is 16.8 Å². The number of halogens is 2. The predicted octanol–water partition coefficient (Wildman–Crippen LogP) is 3.65. The molecule has 0 fully saturated rings. The molecule has 0 saturated heterocycles. The van der Waals surface area contributed by atoms with E-state index in [1.165, 1.54) is 0 Å². The molecule has 0 atom stereocenters. The summed E-state index contributed by atoms with van der Waals surface area (Å²) in [5.74, 6) is 0.676. The lowest BCUT2D eigenvalue weighted by molar-refractivity contribution is 0.320. The molecule has 0 amide bonds. The fourth-order valence-electron chi connectivity index (χ4n) is 1.49. The zero-order valence-electron chi connectivity index (χ0n) is 9.34. The fraction of sp³-hybridized carbons (Fsp3) is 0.250. The van der Waals surface area contributed by atoms with Crippen LogP contribution in [-0.2, 0) is 6.42 Å². The number of aromatic amines is 1. The third-order valence-corrected chi connectivity index (χ3v) is 2.66. The highest BCUT2D eigenvalue weighted by molar-refractivity contribution is 6.34. The number of H-pyrrole nitrogens is 1. The summed E-state index contributed by atoms with van der Waals surface area (Å²) in [4.78, 5) is 0. The van der Waals surface area contributed by atoms with Gasteiger partial charge in [-0.1, -0.05) is 23.2 Å². The Bertz CT molecular complexity index is 491. The molecule has 1 heterocycles. The Hall–Kier alpha value is -1.19. The number of hydrogen-bond acceptors (Lipinski definition) is 2. The Kier molecular flexibility index (Phi) is 3.92. The minimum Gasteiger partial charge on any atom is -0.493 e. The summed E-state index contributed by atoms with van der Waals surface area (Å²) < 4.78 is 5.56. The number of aryl methyl sites for hydroxylation is 1. The van der Waals surface area contributed by atoms with Crippen LogP contribution in [0.4, 0.5) is 0 Å². The van der Waals surface area contributed by atoms with E-state index in [-0.39, 0.29) is 0 Å². The van der Waals surface area contributed by atoms with E-state index in [0.29, 0.717) is 22.4 Å². The van der Waals surface area contributed by atoms with Crippen LogP contribution < -0.4 is 4.74 Å². The van der Waals surface area contributed by atoms with E-state index < -0.39 is 0 Å². The summed E-state index contributed by atoms with van der Waals surface area (Å²) in [5.41, 5.74) is 2.03. The van der Waals surface area contributed by atoms with Crippen LogP contribution >= 0.6 is 23.2 Å². The summed E-state index contributed by atoms with van der Waals surface area (Å²) in [7, 11) is 0. The van der Waals surface area contributed by atoms with Crippen LogP contribution in [0.3, 0.4) is 0 Å². The Morgan fingerprint density at radius 3 is 2.47 bits per heavy atom. The van der Waals surface area contributed by atoms with Crippen molar-refractivity contribution >= 4 is 23.2 Å². The predicted molar refractivity (Wildman–Crippen MR) is 69.0 cm³/mol. The first-order chi connectivity index (χ1) is 8.13. The molecule has 0 bridgehead atoms. The third-order valence-electron chi connectivity index (χ3n) is 2.22. The number of aromatic nitrogens is 2. The van der Waals surface area contributed by atoms with Gasteiger partial charge in [-0.25, -0.2) is 0 Å². The molecule has 0 aliphatic carbocycles. The van der Waals surface area contributed by atoms with Crippen molar-refractivity contribution in [2.45, 2.75) is 13.3 Å². The van der Waals surface area contributed by atoms with Crippen LogP contribution in [0, 0.1) is 6.92 Å². The fourth-order valence-corrected chi connectivity index (χ4v) is 1.99. The van der Waals surface area contributed by atoms with Crippen molar-refractivity contribution < 1.29 is 4.74 Å². The molecule has 1 aromatic carbocycles. The zero-order valence-corrected chi connectivity index (χ0v) is 10.8. The van der Waals surface area contributed by atoms with Crippen molar-refractivity contribution in [2.75, 3.05) is 6.61 Å². The monoisotopic (exact) mass is 270 g/mol. The average Bonchev–Trinajstić information content (AvgIpc) is 2.63. The van der Waals surface area contributed by atoms with E-state index in [1.807, 2.05) is 13.0 Å². The standard InChI is InChI=1S/C12H12Cl2N2O/c1-8-4-11(16-15-8)2-3-17-12-6-9(13)5-10(14)7-12/h4-7H,2-3H2,1H3,(H,15,16). The molecule has 0 saturated carbocycles. The van der Waals surface area contributed by atoms with Crippen molar-refractivity contribution in [1.82, 2.24) is 10.2 Å². The summed E-state index contributed by atoms with van der Waals surface area (Å²) in [6.45, 7) is 2.51. The van der Waals surface area contributed by atoms with Crippen molar-refractivity contribution in [3.63, 3.8) is 0 Å². The van der Waals surface area contributed by atoms with E-state index in [4.69, 9.17) is 27.9 Å². The van der Waals surface area contributed by atoms with E-state index in [2.05, 4.69) is 10.2 Å². The lowest BCUT2D eigenvalue weighted by Gasteiger charge is -2.05. The number of ether oxygens (including phenoxy) is 1. The second-order valence-electron chi connectivity index (χ2n) is 3.75. The van der Waals surface area contributed by atoms with E-state index in [9.17, 15) is 0 Å². The molecular weight excluding hydrogens is 259 g/mol. The van der Waals surface area contributed by atoms with Gasteiger partial charge in [0, 0.05) is 22.2 Å². The van der Waals surface area contributed by atoms with Crippen molar-refractivity contribution in [3.8, 4) is 5.75 Å². The maximum Gasteiger partial charge on any atom is 0.122 e. The first-order valence-corrected chi connectivity index (χ1v) is 5.99. The van der Waals surface area contributed by atoms with Crippen LogP contribution in [0.2, 0.25) is 10.0 Å². The Morgan fingerprint density at radius 1 is 1.18 bits per heavy atom. The zero-order chi connectivity index (χ0) is 12.3. The number of hydrogen-bond donors (Lipinski definition) is 1. The molecule has 0 spiro atoms. The smallest absolute Gasteiger partial charge is 0.122 e. The first-order valence-electron chi connectivity index (χ1n) is 5.23. The second kappa shape index (κ2) is 5.43. The topological polar surface area (TPSA) is 37.9 Å². The molecule has 90 valence electrons. The van der Waals surface area contributed by atoms with Gasteiger partial charge in [0.15, 0.2) is 0 Å². The molecule has 1 N–H and O–H groups in total. The van der Waals surface area contributed by atoms with Crippen LogP contribution in [0.15, 0.2) is 24.3 Å². The lowest BCUT2D eigenvalue weighted by Crippen LogP contribution is -2.01. The molecule has 1 aromatic heterocycles. The van der Waals surface area contributed by atoms with Gasteiger partial charge in [0.2, 0.25) is 0 Å². The van der Waals surface area contributed by atoms with Crippen LogP contribution in [0.5, 0.6) is 5.75 Å². The minimum atomic E-state index is 0.543. The quantitative estimate of drug-likeness (QED) is 0.921. The van der Waals surface area contributed by atoms with E-state index in [1.54, 1.807) is 18.2 Å². The Morgan fingerprint density at radius 2 is 1.88 bits per heavy atom. The van der Waals surface area contributed by atoms with E-state index >= 15 is 0 Å². The second-order valence-corrected chi connectivity index (χ2v) is 4.62. The molecule has 17 heavy (non-hydrogen) atoms. The van der Waals surface area contributed by atoms with Gasteiger partial charge in [-0.15, -0.1) is 0 Å². The maximum atomic E-state index is 5.87. The highest BCUT2D eigenvalue weighted by Gasteiger charge is 2.01. The van der Waals surface area contributed by atoms with Crippen molar-refractivity contribution in [3.05, 3.63) is 45.7 Å². The summed E-state index contributed by atoms with van der Waals surface area (Å²) >= 11 is 11.7. The van der Waals surface area contributed by atoms with Gasteiger partial charge in [0.05, 0.1) is 12.3 Å². The average molecular weight is 271 g/mol. The number of benzene rings is 1. The van der Waals surface area contributed by atoms with Gasteiger partial charge < -0.3 is 4.74 Å². The normalized spacial score (nSPS) is 10.5. The minimum absolute atomic E-state index is 0.543. The largest absolute Gasteiger partial charge is 0.493 e. The number of nitrogens with zero attached hydrogens (tertiary/aromatic N) is 1. The molecule has 0 aliphatic rings. The highest BCUT2D eigenvalue weighted by atomic mass is 35.5. The Labute approximate surface area is 110 Å². The lowest BCUT2D eigenvalue weighted by atomic mass is 10.3. The molecule has 5 heteroatoms. The van der Waals surface area contributed by atoms with Crippen LogP contribution in [0.1, 0.15) is 11.4 Å². The SMILES string of the molecule is Cc1cc(CCOc2cc(Cl)cc(Cl)c2)n[nH]1. The van der Waals surface area contributed by atoms with Gasteiger partial charge in [0.1, 0.15) is 5.75 Å². The number of rotatable bonds is 4. The van der Waals surface area contributed by atoms with Gasteiger partial charge >= 0.3 is 0 Å². The molecule has 0 aliphatic heterocycles. The molecule has 2 rings (SSSR count). The maximum absolute atomic E-state index is 5.87. The summed E-state index contributed by atoms with van der Waals surface area (Å²) in [6, 6.07) is 7.15. The Balaban J connectivity index is 1.89. The van der Waals surface area contributed by atoms with Gasteiger partial charge in [0.25, 0.3) is 0 Å². The van der Waals surface area contributed by atoms with Crippen LogP contribution in [0.25, 0.3) is 0 Å². The molecule has 0 radical (unpaired) electrons. The van der Waals surface area contributed by atoms with Gasteiger partial charge in [-0.2, -0.15) is 5.10 Å². The molecule has 2 aromatic rings. The summed E-state index contributed by atoms with van der Waals surface area (Å²) in [6.07, 6.45) is 0.745. The van der Waals surface area contributed by atoms with Gasteiger partial charge in [-0.3, -0.25) is 5.10 Å². The number of nitrogens with one attached hydrogen (secondary N) is 1. The van der Waals surface area contributed by atoms with Crippen molar-refractivity contribution in [2.24, 2.45) is 0 Å². The van der Waals surface area contributed by atoms with E-state index in [0.717, 1.165) is 17.8 Å². The molecular formula is C12H12Cl2N2O. The first kappa shape index (κ1) is 12.3.